The minimum absolute atomic E-state index is 0.145. The molecule has 0 aliphatic heterocycles. The van der Waals surface area contributed by atoms with Gasteiger partial charge in [-0.15, -0.1) is 11.8 Å². The third kappa shape index (κ3) is 5.41. The molecule has 3 rings (SSSR count). The minimum Gasteiger partial charge on any atom is -0.465 e. The van der Waals surface area contributed by atoms with Crippen LogP contribution in [0, 0.1) is 5.82 Å². The number of thioether (sulfide) groups is 1. The molecule has 0 saturated heterocycles. The molecule has 0 aliphatic carbocycles. The van der Waals surface area contributed by atoms with Crippen molar-refractivity contribution in [3.63, 3.8) is 0 Å². The van der Waals surface area contributed by atoms with E-state index in [1.807, 2.05) is 0 Å². The van der Waals surface area contributed by atoms with E-state index in [0.717, 1.165) is 4.90 Å². The van der Waals surface area contributed by atoms with E-state index in [2.05, 4.69) is 14.7 Å². The summed E-state index contributed by atoms with van der Waals surface area (Å²) in [4.78, 5) is 43.4. The molecule has 9 heteroatoms. The Kier molecular flexibility index (Phi) is 6.61. The van der Waals surface area contributed by atoms with E-state index in [9.17, 15) is 18.8 Å². The molecule has 0 aliphatic rings. The Hall–Kier alpha value is -3.20. The summed E-state index contributed by atoms with van der Waals surface area (Å²) in [7, 11) is 1.26. The number of esters is 2. The van der Waals surface area contributed by atoms with Crippen LogP contribution in [-0.2, 0) is 20.9 Å². The van der Waals surface area contributed by atoms with Crippen LogP contribution in [0.15, 0.2) is 52.2 Å². The van der Waals surface area contributed by atoms with E-state index in [-0.39, 0.29) is 30.2 Å². The number of rotatable bonds is 7. The van der Waals surface area contributed by atoms with Crippen molar-refractivity contribution in [2.45, 2.75) is 17.9 Å². The number of carbonyl (C=O) groups excluding carboxylic acids is 2. The van der Waals surface area contributed by atoms with Gasteiger partial charge in [-0.05, 0) is 42.5 Å². The van der Waals surface area contributed by atoms with Crippen LogP contribution in [-0.4, -0.2) is 34.8 Å². The molecule has 0 spiro atoms. The third-order valence-electron chi connectivity index (χ3n) is 3.94. The molecule has 0 radical (unpaired) electrons. The van der Waals surface area contributed by atoms with Crippen LogP contribution in [0.4, 0.5) is 4.39 Å². The van der Waals surface area contributed by atoms with E-state index in [1.54, 1.807) is 12.1 Å². The summed E-state index contributed by atoms with van der Waals surface area (Å²) in [5.41, 5.74) is 0.165. The molecule has 2 aromatic carbocycles. The molecule has 1 N–H and O–H groups in total. The van der Waals surface area contributed by atoms with Crippen LogP contribution in [0.1, 0.15) is 22.6 Å². The Labute approximate surface area is 169 Å². The number of nitrogens with one attached hydrogen (secondary N) is 1. The largest absolute Gasteiger partial charge is 0.465 e. The zero-order valence-electron chi connectivity index (χ0n) is 15.4. The smallest absolute Gasteiger partial charge is 0.337 e. The van der Waals surface area contributed by atoms with Crippen molar-refractivity contribution in [1.82, 2.24) is 9.97 Å². The van der Waals surface area contributed by atoms with Gasteiger partial charge >= 0.3 is 11.9 Å². The molecule has 1 aromatic heterocycles. The summed E-state index contributed by atoms with van der Waals surface area (Å²) in [6, 6.07) is 10.4. The average Bonchev–Trinajstić information content (AvgIpc) is 2.72. The first-order chi connectivity index (χ1) is 14.0. The van der Waals surface area contributed by atoms with Gasteiger partial charge in [0, 0.05) is 10.6 Å². The molecule has 0 amide bonds. The molecule has 0 bridgehead atoms. The first kappa shape index (κ1) is 20.5. The van der Waals surface area contributed by atoms with Crippen LogP contribution in [0.5, 0.6) is 0 Å². The fourth-order valence-corrected chi connectivity index (χ4v) is 3.34. The van der Waals surface area contributed by atoms with Gasteiger partial charge in [0.25, 0.3) is 5.56 Å². The van der Waals surface area contributed by atoms with E-state index in [0.29, 0.717) is 16.7 Å². The highest BCUT2D eigenvalue weighted by molar-refractivity contribution is 7.99. The Morgan fingerprint density at radius 1 is 1.17 bits per heavy atom. The predicted octanol–water partition coefficient (Wildman–Crippen LogP) is 3.07. The molecule has 0 saturated carbocycles. The van der Waals surface area contributed by atoms with Gasteiger partial charge in [0.2, 0.25) is 0 Å². The van der Waals surface area contributed by atoms with Gasteiger partial charge in [-0.3, -0.25) is 9.59 Å². The summed E-state index contributed by atoms with van der Waals surface area (Å²) in [6.45, 7) is -0.201. The fraction of sp³-hybridized carbons (Fsp3) is 0.200. The Morgan fingerprint density at radius 2 is 1.93 bits per heavy atom. The van der Waals surface area contributed by atoms with E-state index in [1.165, 1.54) is 49.2 Å². The van der Waals surface area contributed by atoms with Crippen molar-refractivity contribution in [2.24, 2.45) is 0 Å². The number of H-pyrrole nitrogens is 1. The molecule has 7 nitrogen and oxygen atoms in total. The number of carbonyl (C=O) groups is 2. The lowest BCUT2D eigenvalue weighted by atomic mass is 10.1. The quantitative estimate of drug-likeness (QED) is 0.467. The van der Waals surface area contributed by atoms with Crippen molar-refractivity contribution in [2.75, 3.05) is 12.9 Å². The van der Waals surface area contributed by atoms with Gasteiger partial charge in [0.15, 0.2) is 0 Å². The van der Waals surface area contributed by atoms with E-state index in [4.69, 9.17) is 4.74 Å². The summed E-state index contributed by atoms with van der Waals surface area (Å²) in [6.07, 6.45) is 0.145. The Bertz CT molecular complexity index is 1100. The third-order valence-corrected chi connectivity index (χ3v) is 4.95. The number of aromatic nitrogens is 2. The number of ether oxygens (including phenoxy) is 2. The molecule has 1 heterocycles. The van der Waals surface area contributed by atoms with Gasteiger partial charge in [-0.1, -0.05) is 0 Å². The van der Waals surface area contributed by atoms with Crippen molar-refractivity contribution in [3.05, 3.63) is 70.0 Å². The van der Waals surface area contributed by atoms with Gasteiger partial charge in [0.05, 0.1) is 30.0 Å². The number of benzene rings is 2. The molecular weight excluding hydrogens is 399 g/mol. The molecular formula is C20H17FN2O5S. The van der Waals surface area contributed by atoms with E-state index < -0.39 is 17.5 Å². The predicted molar refractivity (Wildman–Crippen MR) is 105 cm³/mol. The number of hydrogen-bond donors (Lipinski definition) is 1. The van der Waals surface area contributed by atoms with Gasteiger partial charge < -0.3 is 14.5 Å². The second-order valence-electron chi connectivity index (χ2n) is 5.95. The van der Waals surface area contributed by atoms with Gasteiger partial charge in [-0.2, -0.15) is 0 Å². The maximum Gasteiger partial charge on any atom is 0.337 e. The Morgan fingerprint density at radius 3 is 2.66 bits per heavy atom. The maximum atomic E-state index is 12.9. The second-order valence-corrected chi connectivity index (χ2v) is 7.12. The number of aromatic amines is 1. The molecule has 0 unspecified atom stereocenters. The van der Waals surface area contributed by atoms with Crippen LogP contribution in [0.2, 0.25) is 0 Å². The first-order valence-corrected chi connectivity index (χ1v) is 9.60. The van der Waals surface area contributed by atoms with Crippen LogP contribution < -0.4 is 5.56 Å². The summed E-state index contributed by atoms with van der Waals surface area (Å²) in [5, 5.41) is 0.309. The topological polar surface area (TPSA) is 98.4 Å². The number of fused-ring (bicyclic) bond motifs is 1. The average molecular weight is 416 g/mol. The van der Waals surface area contributed by atoms with Crippen molar-refractivity contribution in [1.29, 1.82) is 0 Å². The monoisotopic (exact) mass is 416 g/mol. The standard InChI is InChI=1S/C20H17FN2O5S/c1-27-20(26)12-2-7-15-16(10-12)22-17(23-19(15)25)11-28-18(24)8-9-29-14-5-3-13(21)4-6-14/h2-7,10H,8-9,11H2,1H3,(H,22,23,25). The Balaban J connectivity index is 1.59. The lowest BCUT2D eigenvalue weighted by Gasteiger charge is -2.06. The lowest BCUT2D eigenvalue weighted by Crippen LogP contribution is -2.15. The molecule has 150 valence electrons. The number of nitrogens with zero attached hydrogens (tertiary/aromatic N) is 1. The second kappa shape index (κ2) is 9.33. The summed E-state index contributed by atoms with van der Waals surface area (Å²) >= 11 is 1.41. The van der Waals surface area contributed by atoms with Gasteiger partial charge in [-0.25, -0.2) is 14.2 Å². The first-order valence-electron chi connectivity index (χ1n) is 8.61. The van der Waals surface area contributed by atoms with Crippen molar-refractivity contribution < 1.29 is 23.5 Å². The highest BCUT2D eigenvalue weighted by Gasteiger charge is 2.11. The number of halogens is 1. The minimum atomic E-state index is -0.541. The van der Waals surface area contributed by atoms with Crippen LogP contribution in [0.25, 0.3) is 10.9 Å². The number of methoxy groups -OCH3 is 1. The fourth-order valence-electron chi connectivity index (χ4n) is 2.51. The molecule has 3 aromatic rings. The molecule has 0 fully saturated rings. The van der Waals surface area contributed by atoms with Crippen LogP contribution >= 0.6 is 11.8 Å². The highest BCUT2D eigenvalue weighted by Crippen LogP contribution is 2.19. The zero-order valence-corrected chi connectivity index (χ0v) is 16.3. The van der Waals surface area contributed by atoms with Crippen molar-refractivity contribution in [3.8, 4) is 0 Å². The van der Waals surface area contributed by atoms with Crippen molar-refractivity contribution >= 4 is 34.6 Å². The highest BCUT2D eigenvalue weighted by atomic mass is 32.2. The zero-order chi connectivity index (χ0) is 20.8. The normalized spacial score (nSPS) is 10.7. The summed E-state index contributed by atoms with van der Waals surface area (Å²) in [5.74, 6) is -0.672. The molecule has 0 atom stereocenters. The lowest BCUT2D eigenvalue weighted by molar-refractivity contribution is -0.144. The number of hydrogen-bond acceptors (Lipinski definition) is 7. The van der Waals surface area contributed by atoms with E-state index >= 15 is 0 Å². The summed E-state index contributed by atoms with van der Waals surface area (Å²) < 4.78 is 22.7. The van der Waals surface area contributed by atoms with Crippen LogP contribution in [0.3, 0.4) is 0 Å². The SMILES string of the molecule is COC(=O)c1ccc2c(=O)[nH]c(COC(=O)CCSc3ccc(F)cc3)nc2c1. The van der Waals surface area contributed by atoms with Gasteiger partial charge in [0.1, 0.15) is 18.2 Å². The molecule has 29 heavy (non-hydrogen) atoms. The maximum absolute atomic E-state index is 12.9.